The second-order valence-electron chi connectivity index (χ2n) is 4.71. The molecule has 0 aliphatic carbocycles. The number of halogens is 1. The van der Waals surface area contributed by atoms with Crippen molar-refractivity contribution < 1.29 is 19.0 Å². The molecule has 0 spiro atoms. The molecule has 0 radical (unpaired) electrons. The fraction of sp³-hybridized carbons (Fsp3) is 0.125. The number of hydrogen-bond donors (Lipinski definition) is 3. The van der Waals surface area contributed by atoms with E-state index in [1.165, 1.54) is 38.6 Å². The smallest absolute Gasteiger partial charge is 0.261 e. The molecule has 4 N–H and O–H groups in total. The van der Waals surface area contributed by atoms with E-state index in [4.69, 9.17) is 17.0 Å². The summed E-state index contributed by atoms with van der Waals surface area (Å²) in [5, 5.41) is 12.4. The van der Waals surface area contributed by atoms with Gasteiger partial charge in [0.15, 0.2) is 17.5 Å². The van der Waals surface area contributed by atoms with Gasteiger partial charge in [-0.3, -0.25) is 15.1 Å². The molecular weight excluding hydrogens is 329 g/mol. The molecule has 0 aliphatic heterocycles. The Morgan fingerprint density at radius 3 is 2.80 bits per heavy atom. The van der Waals surface area contributed by atoms with Gasteiger partial charge >= 0.3 is 0 Å². The Labute approximate surface area is 142 Å². The van der Waals surface area contributed by atoms with Gasteiger partial charge in [-0.1, -0.05) is 6.07 Å². The summed E-state index contributed by atoms with van der Waals surface area (Å²) in [4.78, 5) is 23.1. The molecule has 1 heterocycles. The molecule has 0 atom stereocenters. The number of aromatic nitrogens is 1. The Kier molecular flexibility index (Phi) is 5.14. The maximum atomic E-state index is 14.6. The van der Waals surface area contributed by atoms with Crippen molar-refractivity contribution in [3.8, 4) is 22.8 Å². The van der Waals surface area contributed by atoms with Gasteiger partial charge in [0, 0.05) is 24.4 Å². The summed E-state index contributed by atoms with van der Waals surface area (Å²) in [6, 6.07) is 3.72. The first-order valence-electron chi connectivity index (χ1n) is 6.90. The molecule has 0 saturated carbocycles. The molecule has 0 aliphatic rings. The van der Waals surface area contributed by atoms with E-state index in [1.54, 1.807) is 0 Å². The average Bonchev–Trinajstić information content (AvgIpc) is 2.61. The van der Waals surface area contributed by atoms with E-state index in [9.17, 15) is 14.3 Å². The normalized spacial score (nSPS) is 10.9. The van der Waals surface area contributed by atoms with Crippen LogP contribution in [0.4, 0.5) is 10.1 Å². The van der Waals surface area contributed by atoms with Gasteiger partial charge in [0.2, 0.25) is 0 Å². The van der Waals surface area contributed by atoms with Gasteiger partial charge in [-0.05, 0) is 12.1 Å². The number of amides is 1. The molecule has 9 heteroatoms. The third kappa shape index (κ3) is 3.32. The number of nitrogens with zero attached hydrogens (tertiary/aromatic N) is 3. The van der Waals surface area contributed by atoms with E-state index in [2.05, 4.69) is 20.1 Å². The number of phenolic OH excluding ortho intramolecular Hbond substituents is 1. The number of phenols is 1. The van der Waals surface area contributed by atoms with Crippen LogP contribution in [0.5, 0.6) is 11.6 Å². The number of ether oxygens (including phenoxy) is 1. The van der Waals surface area contributed by atoms with Crippen LogP contribution in [0.25, 0.3) is 16.0 Å². The van der Waals surface area contributed by atoms with Crippen LogP contribution < -0.4 is 15.8 Å². The highest BCUT2D eigenvalue weighted by Crippen LogP contribution is 2.40. The molecule has 2 rings (SSSR count). The predicted octanol–water partition coefficient (Wildman–Crippen LogP) is 1.83. The minimum absolute atomic E-state index is 0.0397. The number of carbonyl (C=O) groups is 1. The largest absolute Gasteiger partial charge is 0.507 e. The fourth-order valence-electron chi connectivity index (χ4n) is 2.17. The number of guanidine groups is 1. The van der Waals surface area contributed by atoms with Crippen molar-refractivity contribution >= 4 is 17.6 Å². The summed E-state index contributed by atoms with van der Waals surface area (Å²) in [7, 11) is 2.60. The number of benzene rings is 1. The van der Waals surface area contributed by atoms with Crippen molar-refractivity contribution in [1.82, 2.24) is 10.3 Å². The van der Waals surface area contributed by atoms with Crippen molar-refractivity contribution in [2.45, 2.75) is 0 Å². The Morgan fingerprint density at radius 1 is 1.48 bits per heavy atom. The number of aliphatic imine (C=N–C) groups is 1. The zero-order valence-electron chi connectivity index (χ0n) is 13.4. The first kappa shape index (κ1) is 17.7. The lowest BCUT2D eigenvalue weighted by Gasteiger charge is -2.15. The summed E-state index contributed by atoms with van der Waals surface area (Å²) in [5.74, 6) is -2.66. The number of carbonyl (C=O) groups excluding carboxylic acids is 1. The highest BCUT2D eigenvalue weighted by Gasteiger charge is 2.25. The van der Waals surface area contributed by atoms with Gasteiger partial charge in [-0.15, -0.1) is 0 Å². The standard InChI is InChI=1S/C16H14FN5O3/c1-19-9-4-5-10(23)12(14(24)22-16(18)20-2)11(9)8-6-7-21-15(25-3)13(8)17/h4-7,23H,2-3H3,(H3,18,20,22,24). The Balaban J connectivity index is 2.79. The first-order valence-corrected chi connectivity index (χ1v) is 6.90. The Bertz CT molecular complexity index is 905. The first-order chi connectivity index (χ1) is 11.9. The lowest BCUT2D eigenvalue weighted by atomic mass is 9.96. The highest BCUT2D eigenvalue weighted by atomic mass is 19.1. The van der Waals surface area contributed by atoms with Gasteiger partial charge in [0.25, 0.3) is 11.8 Å². The number of methoxy groups -OCH3 is 1. The minimum atomic E-state index is -0.869. The van der Waals surface area contributed by atoms with Crippen LogP contribution in [0, 0.1) is 12.4 Å². The second-order valence-corrected chi connectivity index (χ2v) is 4.71. The fourth-order valence-corrected chi connectivity index (χ4v) is 2.17. The van der Waals surface area contributed by atoms with E-state index >= 15 is 0 Å². The molecule has 0 fully saturated rings. The lowest BCUT2D eigenvalue weighted by molar-refractivity contribution is 0.0974. The lowest BCUT2D eigenvalue weighted by Crippen LogP contribution is -2.36. The number of pyridine rings is 1. The number of nitrogens with one attached hydrogen (secondary N) is 1. The molecule has 0 unspecified atom stereocenters. The number of hydrogen-bond acceptors (Lipinski definition) is 5. The van der Waals surface area contributed by atoms with E-state index in [0.717, 1.165) is 0 Å². The van der Waals surface area contributed by atoms with Crippen LogP contribution in [0.15, 0.2) is 29.4 Å². The van der Waals surface area contributed by atoms with Crippen molar-refractivity contribution in [2.75, 3.05) is 14.2 Å². The molecule has 8 nitrogen and oxygen atoms in total. The SMILES string of the molecule is [C-]#[N+]c1ccc(O)c(C(=O)NC(N)=NC)c1-c1ccnc(OC)c1F. The summed E-state index contributed by atoms with van der Waals surface area (Å²) >= 11 is 0. The highest BCUT2D eigenvalue weighted by molar-refractivity contribution is 6.12. The van der Waals surface area contributed by atoms with Gasteiger partial charge in [-0.2, -0.15) is 0 Å². The molecule has 1 aromatic carbocycles. The summed E-state index contributed by atoms with van der Waals surface area (Å²) < 4.78 is 19.5. The molecule has 25 heavy (non-hydrogen) atoms. The van der Waals surface area contributed by atoms with Crippen LogP contribution in [0.2, 0.25) is 0 Å². The number of nitrogens with two attached hydrogens (primary N) is 1. The van der Waals surface area contributed by atoms with Crippen LogP contribution in [0.3, 0.4) is 0 Å². The minimum Gasteiger partial charge on any atom is -0.507 e. The van der Waals surface area contributed by atoms with Crippen LogP contribution in [0.1, 0.15) is 10.4 Å². The Morgan fingerprint density at radius 2 is 2.20 bits per heavy atom. The molecule has 1 aromatic heterocycles. The van der Waals surface area contributed by atoms with E-state index in [-0.39, 0.29) is 34.2 Å². The maximum absolute atomic E-state index is 14.6. The van der Waals surface area contributed by atoms with E-state index in [0.29, 0.717) is 0 Å². The average molecular weight is 343 g/mol. The van der Waals surface area contributed by atoms with Gasteiger partial charge in [0.05, 0.1) is 19.2 Å². The number of aromatic hydroxyl groups is 1. The topological polar surface area (TPSA) is 114 Å². The summed E-state index contributed by atoms with van der Waals surface area (Å²) in [6.07, 6.45) is 1.26. The third-order valence-corrected chi connectivity index (χ3v) is 3.31. The number of rotatable bonds is 3. The maximum Gasteiger partial charge on any atom is 0.261 e. The van der Waals surface area contributed by atoms with Gasteiger partial charge in [0.1, 0.15) is 5.75 Å². The van der Waals surface area contributed by atoms with Crippen molar-refractivity contribution in [2.24, 2.45) is 10.7 Å². The van der Waals surface area contributed by atoms with Crippen LogP contribution >= 0.6 is 0 Å². The quantitative estimate of drug-likeness (QED) is 0.447. The molecule has 0 bridgehead atoms. The summed E-state index contributed by atoms with van der Waals surface area (Å²) in [6.45, 7) is 7.28. The van der Waals surface area contributed by atoms with E-state index < -0.39 is 17.5 Å². The Hall–Kier alpha value is -3.67. The van der Waals surface area contributed by atoms with Crippen LogP contribution in [-0.4, -0.2) is 36.1 Å². The molecular formula is C16H14FN5O3. The van der Waals surface area contributed by atoms with Crippen LogP contribution in [-0.2, 0) is 0 Å². The van der Waals surface area contributed by atoms with Crippen molar-refractivity contribution in [3.63, 3.8) is 0 Å². The molecule has 2 aromatic rings. The van der Waals surface area contributed by atoms with Gasteiger partial charge in [-0.25, -0.2) is 14.2 Å². The molecule has 1 amide bonds. The summed E-state index contributed by atoms with van der Waals surface area (Å²) in [5.41, 5.74) is 4.89. The monoisotopic (exact) mass is 343 g/mol. The van der Waals surface area contributed by atoms with Gasteiger partial charge < -0.3 is 15.6 Å². The predicted molar refractivity (Wildman–Crippen MR) is 89.1 cm³/mol. The van der Waals surface area contributed by atoms with Crippen molar-refractivity contribution in [1.29, 1.82) is 0 Å². The van der Waals surface area contributed by atoms with E-state index in [1.807, 2.05) is 0 Å². The zero-order chi connectivity index (χ0) is 18.6. The van der Waals surface area contributed by atoms with Crippen molar-refractivity contribution in [3.05, 3.63) is 47.2 Å². The molecule has 128 valence electrons. The molecule has 0 saturated heterocycles. The zero-order valence-corrected chi connectivity index (χ0v) is 13.4. The second kappa shape index (κ2) is 7.27. The third-order valence-electron chi connectivity index (χ3n) is 3.31.